The van der Waals surface area contributed by atoms with Crippen molar-refractivity contribution < 1.29 is 4.79 Å². The Morgan fingerprint density at radius 2 is 2.10 bits per heavy atom. The summed E-state index contributed by atoms with van der Waals surface area (Å²) in [6.45, 7) is 5.92. The van der Waals surface area contributed by atoms with Gasteiger partial charge in [0.05, 0.1) is 0 Å². The summed E-state index contributed by atoms with van der Waals surface area (Å²) >= 11 is 1.60. The lowest BCUT2D eigenvalue weighted by atomic mass is 10.00. The van der Waals surface area contributed by atoms with Gasteiger partial charge in [-0.05, 0) is 25.7 Å². The standard InChI is InChI=1S/C17H20N2OS/c1-12-7-6-10-19(11-12)17(20)15-13(2)21-16(18-15)14-8-4-3-5-9-14/h3-5,8-9,12H,6-7,10-11H2,1-2H3. The smallest absolute Gasteiger partial charge is 0.273 e. The summed E-state index contributed by atoms with van der Waals surface area (Å²) in [5, 5.41) is 0.932. The molecule has 1 atom stereocenters. The van der Waals surface area contributed by atoms with Crippen LogP contribution >= 0.6 is 11.3 Å². The van der Waals surface area contributed by atoms with Gasteiger partial charge in [0.25, 0.3) is 5.91 Å². The third kappa shape index (κ3) is 3.00. The third-order valence-corrected chi connectivity index (χ3v) is 4.98. The molecular weight excluding hydrogens is 280 g/mol. The molecule has 1 aromatic carbocycles. The Balaban J connectivity index is 1.86. The van der Waals surface area contributed by atoms with Gasteiger partial charge in [0, 0.05) is 23.5 Å². The number of likely N-dealkylation sites (tertiary alicyclic amines) is 1. The molecule has 0 saturated carbocycles. The molecule has 0 bridgehead atoms. The van der Waals surface area contributed by atoms with E-state index in [1.807, 2.05) is 42.2 Å². The van der Waals surface area contributed by atoms with Gasteiger partial charge in [0.2, 0.25) is 0 Å². The van der Waals surface area contributed by atoms with E-state index < -0.39 is 0 Å². The van der Waals surface area contributed by atoms with Gasteiger partial charge in [-0.2, -0.15) is 0 Å². The van der Waals surface area contributed by atoms with E-state index in [2.05, 4.69) is 11.9 Å². The summed E-state index contributed by atoms with van der Waals surface area (Å²) in [5.41, 5.74) is 1.71. The molecule has 1 amide bonds. The Morgan fingerprint density at radius 3 is 2.81 bits per heavy atom. The summed E-state index contributed by atoms with van der Waals surface area (Å²) in [6, 6.07) is 10.1. The molecule has 1 unspecified atom stereocenters. The van der Waals surface area contributed by atoms with Crippen molar-refractivity contribution in [2.45, 2.75) is 26.7 Å². The number of benzene rings is 1. The number of thiazole rings is 1. The zero-order valence-corrected chi connectivity index (χ0v) is 13.3. The van der Waals surface area contributed by atoms with Crippen LogP contribution in [-0.4, -0.2) is 28.9 Å². The summed E-state index contributed by atoms with van der Waals surface area (Å²) in [6.07, 6.45) is 2.32. The highest BCUT2D eigenvalue weighted by Crippen LogP contribution is 2.29. The zero-order chi connectivity index (χ0) is 14.8. The second-order valence-corrected chi connectivity index (χ2v) is 6.99. The minimum Gasteiger partial charge on any atom is -0.337 e. The largest absolute Gasteiger partial charge is 0.337 e. The maximum Gasteiger partial charge on any atom is 0.273 e. The SMILES string of the molecule is Cc1sc(-c2ccccc2)nc1C(=O)N1CCCC(C)C1. The lowest BCUT2D eigenvalue weighted by molar-refractivity contribution is 0.0677. The van der Waals surface area contributed by atoms with Gasteiger partial charge >= 0.3 is 0 Å². The van der Waals surface area contributed by atoms with Crippen LogP contribution in [0.3, 0.4) is 0 Å². The van der Waals surface area contributed by atoms with Crippen LogP contribution in [0.25, 0.3) is 10.6 Å². The molecule has 3 rings (SSSR count). The van der Waals surface area contributed by atoms with Gasteiger partial charge in [-0.15, -0.1) is 11.3 Å². The minimum absolute atomic E-state index is 0.0949. The Morgan fingerprint density at radius 1 is 1.33 bits per heavy atom. The average molecular weight is 300 g/mol. The van der Waals surface area contributed by atoms with Crippen molar-refractivity contribution in [3.63, 3.8) is 0 Å². The second-order valence-electron chi connectivity index (χ2n) is 5.79. The van der Waals surface area contributed by atoms with Gasteiger partial charge in [-0.3, -0.25) is 4.79 Å². The molecule has 1 fully saturated rings. The van der Waals surface area contributed by atoms with Crippen LogP contribution in [0.5, 0.6) is 0 Å². The second kappa shape index (κ2) is 5.98. The van der Waals surface area contributed by atoms with Crippen LogP contribution in [0.1, 0.15) is 35.1 Å². The first-order chi connectivity index (χ1) is 10.1. The number of amides is 1. The van der Waals surface area contributed by atoms with E-state index in [9.17, 15) is 4.79 Å². The summed E-state index contributed by atoms with van der Waals surface area (Å²) in [4.78, 5) is 20.3. The lowest BCUT2D eigenvalue weighted by Gasteiger charge is -2.30. The average Bonchev–Trinajstić information content (AvgIpc) is 2.89. The number of hydrogen-bond donors (Lipinski definition) is 0. The molecule has 0 radical (unpaired) electrons. The molecule has 0 aliphatic carbocycles. The molecule has 1 aliphatic heterocycles. The van der Waals surface area contributed by atoms with E-state index in [-0.39, 0.29) is 5.91 Å². The highest BCUT2D eigenvalue weighted by molar-refractivity contribution is 7.15. The van der Waals surface area contributed by atoms with Crippen LogP contribution in [0, 0.1) is 12.8 Å². The van der Waals surface area contributed by atoms with Crippen molar-refractivity contribution in [3.8, 4) is 10.6 Å². The van der Waals surface area contributed by atoms with E-state index in [0.29, 0.717) is 11.6 Å². The van der Waals surface area contributed by atoms with Gasteiger partial charge in [-0.1, -0.05) is 37.3 Å². The van der Waals surface area contributed by atoms with E-state index in [4.69, 9.17) is 0 Å². The monoisotopic (exact) mass is 300 g/mol. The number of piperidine rings is 1. The topological polar surface area (TPSA) is 33.2 Å². The fraction of sp³-hybridized carbons (Fsp3) is 0.412. The van der Waals surface area contributed by atoms with Crippen LogP contribution in [0.2, 0.25) is 0 Å². The quantitative estimate of drug-likeness (QED) is 0.840. The molecule has 21 heavy (non-hydrogen) atoms. The fourth-order valence-corrected chi connectivity index (χ4v) is 3.73. The molecule has 2 aromatic rings. The van der Waals surface area contributed by atoms with E-state index in [1.54, 1.807) is 11.3 Å². The molecular formula is C17H20N2OS. The summed E-state index contributed by atoms with van der Waals surface area (Å²) < 4.78 is 0. The number of aromatic nitrogens is 1. The molecule has 0 spiro atoms. The van der Waals surface area contributed by atoms with Crippen molar-refractivity contribution in [2.24, 2.45) is 5.92 Å². The highest BCUT2D eigenvalue weighted by atomic mass is 32.1. The molecule has 4 heteroatoms. The van der Waals surface area contributed by atoms with Crippen molar-refractivity contribution in [2.75, 3.05) is 13.1 Å². The number of nitrogens with zero attached hydrogens (tertiary/aromatic N) is 2. The van der Waals surface area contributed by atoms with Crippen LogP contribution in [-0.2, 0) is 0 Å². The Kier molecular flexibility index (Phi) is 4.06. The first-order valence-electron chi connectivity index (χ1n) is 7.47. The molecule has 1 saturated heterocycles. The highest BCUT2D eigenvalue weighted by Gasteiger charge is 2.25. The van der Waals surface area contributed by atoms with Crippen LogP contribution < -0.4 is 0 Å². The Bertz CT molecular complexity index is 635. The number of rotatable bonds is 2. The van der Waals surface area contributed by atoms with Gasteiger partial charge in [-0.25, -0.2) is 4.98 Å². The molecule has 1 aliphatic rings. The first-order valence-corrected chi connectivity index (χ1v) is 8.29. The molecule has 3 nitrogen and oxygen atoms in total. The Labute approximate surface area is 129 Å². The number of hydrogen-bond acceptors (Lipinski definition) is 3. The molecule has 2 heterocycles. The first kappa shape index (κ1) is 14.3. The van der Waals surface area contributed by atoms with E-state index in [0.717, 1.165) is 35.0 Å². The fourth-order valence-electron chi connectivity index (χ4n) is 2.82. The summed E-state index contributed by atoms with van der Waals surface area (Å²) in [5.74, 6) is 0.688. The number of carbonyl (C=O) groups is 1. The normalized spacial score (nSPS) is 18.8. The van der Waals surface area contributed by atoms with Crippen LogP contribution in [0.4, 0.5) is 0 Å². The van der Waals surface area contributed by atoms with Gasteiger partial charge in [0.15, 0.2) is 0 Å². The Hall–Kier alpha value is -1.68. The molecule has 1 aromatic heterocycles. The molecule has 0 N–H and O–H groups in total. The lowest BCUT2D eigenvalue weighted by Crippen LogP contribution is -2.39. The maximum atomic E-state index is 12.7. The van der Waals surface area contributed by atoms with Crippen molar-refractivity contribution >= 4 is 17.2 Å². The zero-order valence-electron chi connectivity index (χ0n) is 12.5. The van der Waals surface area contributed by atoms with Crippen LogP contribution in [0.15, 0.2) is 30.3 Å². The molecule has 110 valence electrons. The van der Waals surface area contributed by atoms with Crippen molar-refractivity contribution in [1.29, 1.82) is 0 Å². The van der Waals surface area contributed by atoms with Gasteiger partial charge < -0.3 is 4.90 Å². The van der Waals surface area contributed by atoms with E-state index >= 15 is 0 Å². The number of carbonyl (C=O) groups excluding carboxylic acids is 1. The van der Waals surface area contributed by atoms with Crippen molar-refractivity contribution in [1.82, 2.24) is 9.88 Å². The van der Waals surface area contributed by atoms with Gasteiger partial charge in [0.1, 0.15) is 10.7 Å². The van der Waals surface area contributed by atoms with Crippen molar-refractivity contribution in [3.05, 3.63) is 40.9 Å². The maximum absolute atomic E-state index is 12.7. The predicted octanol–water partition coefficient (Wildman–Crippen LogP) is 3.99. The number of aryl methyl sites for hydroxylation is 1. The minimum atomic E-state index is 0.0949. The summed E-state index contributed by atoms with van der Waals surface area (Å²) in [7, 11) is 0. The van der Waals surface area contributed by atoms with E-state index in [1.165, 1.54) is 6.42 Å². The third-order valence-electron chi connectivity index (χ3n) is 3.96. The predicted molar refractivity (Wildman–Crippen MR) is 86.6 cm³/mol.